The van der Waals surface area contributed by atoms with E-state index < -0.39 is 17.9 Å². The maximum absolute atomic E-state index is 12.5. The van der Waals surface area contributed by atoms with E-state index in [-0.39, 0.29) is 5.91 Å². The average Bonchev–Trinajstić information content (AvgIpc) is 2.42. The number of carboxylic acids is 1. The van der Waals surface area contributed by atoms with Crippen LogP contribution >= 0.6 is 0 Å². The van der Waals surface area contributed by atoms with Crippen molar-refractivity contribution < 1.29 is 14.7 Å². The second-order valence-electron chi connectivity index (χ2n) is 5.89. The first kappa shape index (κ1) is 17.2. The molecule has 4 nitrogen and oxygen atoms in total. The molecule has 0 aliphatic carbocycles. The van der Waals surface area contributed by atoms with Gasteiger partial charge in [-0.25, -0.2) is 0 Å². The van der Waals surface area contributed by atoms with Crippen LogP contribution in [0.3, 0.4) is 0 Å². The van der Waals surface area contributed by atoms with Gasteiger partial charge in [0, 0.05) is 11.6 Å². The van der Waals surface area contributed by atoms with E-state index in [2.05, 4.69) is 12.2 Å². The fraction of sp³-hybridized carbons (Fsp3) is 0.529. The van der Waals surface area contributed by atoms with Crippen molar-refractivity contribution in [2.45, 2.75) is 54.5 Å². The predicted octanol–water partition coefficient (Wildman–Crippen LogP) is 3.07. The molecule has 2 unspecified atom stereocenters. The van der Waals surface area contributed by atoms with Crippen molar-refractivity contribution in [2.24, 2.45) is 5.92 Å². The number of hydrogen-bond donors (Lipinski definition) is 2. The molecular weight excluding hydrogens is 266 g/mol. The van der Waals surface area contributed by atoms with Crippen molar-refractivity contribution >= 4 is 11.9 Å². The highest BCUT2D eigenvalue weighted by Gasteiger charge is 2.24. The first-order valence-corrected chi connectivity index (χ1v) is 7.20. The Hall–Kier alpha value is -1.84. The number of carbonyl (C=O) groups is 2. The van der Waals surface area contributed by atoms with Crippen LogP contribution in [-0.4, -0.2) is 23.0 Å². The molecule has 0 saturated heterocycles. The number of hydrogen-bond acceptors (Lipinski definition) is 2. The number of aliphatic carboxylic acids is 1. The van der Waals surface area contributed by atoms with Crippen molar-refractivity contribution in [3.8, 4) is 0 Å². The van der Waals surface area contributed by atoms with Crippen LogP contribution in [0, 0.1) is 40.5 Å². The molecule has 1 rings (SSSR count). The Bertz CT molecular complexity index is 561. The number of carboxylic acid groups (broad SMARTS) is 1. The SMILES string of the molecule is Cc1c(C)c(C)c(C(=O)NC(C)C(C)C(=O)O)c(C)c1C. The van der Waals surface area contributed by atoms with Gasteiger partial charge in [0.25, 0.3) is 5.91 Å². The molecule has 1 aromatic carbocycles. The fourth-order valence-electron chi connectivity index (χ4n) is 2.46. The summed E-state index contributed by atoms with van der Waals surface area (Å²) in [5, 5.41) is 11.8. The minimum atomic E-state index is -0.910. The minimum absolute atomic E-state index is 0.197. The monoisotopic (exact) mass is 291 g/mol. The van der Waals surface area contributed by atoms with Gasteiger partial charge in [0.1, 0.15) is 0 Å². The molecule has 2 N–H and O–H groups in total. The molecule has 1 aromatic rings. The van der Waals surface area contributed by atoms with Crippen LogP contribution in [-0.2, 0) is 4.79 Å². The number of amides is 1. The molecule has 0 bridgehead atoms. The van der Waals surface area contributed by atoms with Crippen LogP contribution in [0.5, 0.6) is 0 Å². The van der Waals surface area contributed by atoms with Crippen molar-refractivity contribution in [3.63, 3.8) is 0 Å². The highest BCUT2D eigenvalue weighted by molar-refractivity contribution is 5.98. The lowest BCUT2D eigenvalue weighted by molar-refractivity contribution is -0.141. The number of benzene rings is 1. The molecule has 0 saturated carbocycles. The largest absolute Gasteiger partial charge is 0.481 e. The molecule has 0 heterocycles. The van der Waals surface area contributed by atoms with E-state index in [0.717, 1.165) is 22.3 Å². The Morgan fingerprint density at radius 2 is 1.24 bits per heavy atom. The van der Waals surface area contributed by atoms with Crippen LogP contribution in [0.1, 0.15) is 52.0 Å². The van der Waals surface area contributed by atoms with Crippen LogP contribution in [0.4, 0.5) is 0 Å². The van der Waals surface area contributed by atoms with Gasteiger partial charge in [-0.15, -0.1) is 0 Å². The summed E-state index contributed by atoms with van der Waals surface area (Å²) in [5.74, 6) is -1.73. The van der Waals surface area contributed by atoms with E-state index in [1.807, 2.05) is 27.7 Å². The summed E-state index contributed by atoms with van der Waals surface area (Å²) in [6.07, 6.45) is 0. The summed E-state index contributed by atoms with van der Waals surface area (Å²) in [7, 11) is 0. The molecule has 0 radical (unpaired) electrons. The second-order valence-corrected chi connectivity index (χ2v) is 5.89. The maximum atomic E-state index is 12.5. The highest BCUT2D eigenvalue weighted by Crippen LogP contribution is 2.26. The van der Waals surface area contributed by atoms with Crippen LogP contribution in [0.25, 0.3) is 0 Å². The summed E-state index contributed by atoms with van der Waals surface area (Å²) in [4.78, 5) is 23.5. The standard InChI is InChI=1S/C17H25NO3/c1-8-9(2)11(4)15(12(5)10(8)3)16(19)18-14(7)13(6)17(20)21/h13-14H,1-7H3,(H,18,19)(H,20,21). The Labute approximate surface area is 126 Å². The fourth-order valence-corrected chi connectivity index (χ4v) is 2.46. The molecule has 21 heavy (non-hydrogen) atoms. The minimum Gasteiger partial charge on any atom is -0.481 e. The van der Waals surface area contributed by atoms with E-state index >= 15 is 0 Å². The summed E-state index contributed by atoms with van der Waals surface area (Å²) in [6.45, 7) is 13.3. The molecule has 2 atom stereocenters. The highest BCUT2D eigenvalue weighted by atomic mass is 16.4. The van der Waals surface area contributed by atoms with Gasteiger partial charge in [0.05, 0.1) is 5.92 Å². The molecule has 1 amide bonds. The second kappa shape index (κ2) is 6.29. The van der Waals surface area contributed by atoms with Gasteiger partial charge >= 0.3 is 5.97 Å². The van der Waals surface area contributed by atoms with Gasteiger partial charge in [-0.3, -0.25) is 9.59 Å². The van der Waals surface area contributed by atoms with E-state index in [1.165, 1.54) is 5.56 Å². The van der Waals surface area contributed by atoms with Gasteiger partial charge in [0.2, 0.25) is 0 Å². The van der Waals surface area contributed by atoms with E-state index in [9.17, 15) is 9.59 Å². The summed E-state index contributed by atoms with van der Waals surface area (Å²) in [6, 6.07) is -0.421. The van der Waals surface area contributed by atoms with E-state index in [4.69, 9.17) is 5.11 Å². The van der Waals surface area contributed by atoms with Gasteiger partial charge in [0.15, 0.2) is 0 Å². The Morgan fingerprint density at radius 1 is 0.857 bits per heavy atom. The lowest BCUT2D eigenvalue weighted by atomic mass is 9.89. The third-order valence-electron chi connectivity index (χ3n) is 4.73. The van der Waals surface area contributed by atoms with Crippen molar-refractivity contribution in [2.75, 3.05) is 0 Å². The normalized spacial score (nSPS) is 13.7. The summed E-state index contributed by atoms with van der Waals surface area (Å²) in [5.41, 5.74) is 6.02. The third kappa shape index (κ3) is 3.26. The topological polar surface area (TPSA) is 66.4 Å². The van der Waals surface area contributed by atoms with E-state index in [1.54, 1.807) is 13.8 Å². The lowest BCUT2D eigenvalue weighted by Crippen LogP contribution is -2.40. The number of rotatable bonds is 4. The van der Waals surface area contributed by atoms with Gasteiger partial charge in [-0.05, 0) is 76.3 Å². The van der Waals surface area contributed by atoms with Crippen LogP contribution in [0.2, 0.25) is 0 Å². The van der Waals surface area contributed by atoms with Gasteiger partial charge in [-0.1, -0.05) is 0 Å². The zero-order valence-electron chi connectivity index (χ0n) is 13.9. The van der Waals surface area contributed by atoms with Crippen LogP contribution < -0.4 is 5.32 Å². The van der Waals surface area contributed by atoms with Crippen molar-refractivity contribution in [1.29, 1.82) is 0 Å². The van der Waals surface area contributed by atoms with Crippen molar-refractivity contribution in [1.82, 2.24) is 5.32 Å². The first-order chi connectivity index (χ1) is 9.59. The predicted molar refractivity (Wildman–Crippen MR) is 83.9 cm³/mol. The number of nitrogens with one attached hydrogen (secondary N) is 1. The molecule has 0 aliphatic rings. The molecule has 0 aliphatic heterocycles. The van der Waals surface area contributed by atoms with Crippen LogP contribution in [0.15, 0.2) is 0 Å². The summed E-state index contributed by atoms with van der Waals surface area (Å²) >= 11 is 0. The molecule has 0 aromatic heterocycles. The average molecular weight is 291 g/mol. The lowest BCUT2D eigenvalue weighted by Gasteiger charge is -2.22. The Balaban J connectivity index is 3.18. The zero-order chi connectivity index (χ0) is 16.5. The maximum Gasteiger partial charge on any atom is 0.308 e. The zero-order valence-corrected chi connectivity index (χ0v) is 13.9. The van der Waals surface area contributed by atoms with Crippen molar-refractivity contribution in [3.05, 3.63) is 33.4 Å². The molecular formula is C17H25NO3. The summed E-state index contributed by atoms with van der Waals surface area (Å²) < 4.78 is 0. The molecule has 0 fully saturated rings. The Kier molecular flexibility index (Phi) is 5.15. The molecule has 116 valence electrons. The smallest absolute Gasteiger partial charge is 0.308 e. The van der Waals surface area contributed by atoms with Gasteiger partial charge < -0.3 is 10.4 Å². The molecule has 4 heteroatoms. The Morgan fingerprint density at radius 3 is 1.62 bits per heavy atom. The molecule has 0 spiro atoms. The first-order valence-electron chi connectivity index (χ1n) is 7.20. The quantitative estimate of drug-likeness (QED) is 0.896. The third-order valence-corrected chi connectivity index (χ3v) is 4.73. The number of carbonyl (C=O) groups excluding carboxylic acids is 1. The van der Waals surface area contributed by atoms with Gasteiger partial charge in [-0.2, -0.15) is 0 Å². The van der Waals surface area contributed by atoms with E-state index in [0.29, 0.717) is 5.56 Å².